The van der Waals surface area contributed by atoms with Crippen LogP contribution in [0.3, 0.4) is 0 Å². The minimum absolute atomic E-state index is 0.113. The van der Waals surface area contributed by atoms with Crippen LogP contribution in [0.4, 0.5) is 5.69 Å². The quantitative estimate of drug-likeness (QED) is 0.862. The molecule has 18 heavy (non-hydrogen) atoms. The van der Waals surface area contributed by atoms with E-state index in [1.165, 1.54) is 0 Å². The molecule has 0 aliphatic carbocycles. The van der Waals surface area contributed by atoms with Crippen LogP contribution in [-0.4, -0.2) is 25.2 Å². The molecule has 1 heterocycles. The summed E-state index contributed by atoms with van der Waals surface area (Å²) >= 11 is 5.88. The number of hydrogen-bond donors (Lipinski definition) is 2. The van der Waals surface area contributed by atoms with Crippen LogP contribution >= 0.6 is 11.6 Å². The number of halogens is 1. The molecule has 2 unspecified atom stereocenters. The lowest BCUT2D eigenvalue weighted by molar-refractivity contribution is -0.125. The fourth-order valence-corrected chi connectivity index (χ4v) is 2.18. The Morgan fingerprint density at radius 2 is 2.33 bits per heavy atom. The molecule has 1 fully saturated rings. The number of aryl methyl sites for hydroxylation is 1. The van der Waals surface area contributed by atoms with Crippen LogP contribution in [-0.2, 0) is 9.53 Å². The lowest BCUT2D eigenvalue weighted by Crippen LogP contribution is -2.47. The molecule has 1 aromatic carbocycles. The van der Waals surface area contributed by atoms with Gasteiger partial charge in [0, 0.05) is 16.8 Å². The van der Waals surface area contributed by atoms with E-state index in [0.29, 0.717) is 18.2 Å². The third kappa shape index (κ3) is 2.36. The van der Waals surface area contributed by atoms with Gasteiger partial charge in [-0.2, -0.15) is 0 Å². The van der Waals surface area contributed by atoms with Gasteiger partial charge in [-0.25, -0.2) is 0 Å². The zero-order chi connectivity index (χ0) is 13.3. The molecule has 3 N–H and O–H groups in total. The van der Waals surface area contributed by atoms with Gasteiger partial charge in [0.2, 0.25) is 5.91 Å². The van der Waals surface area contributed by atoms with E-state index in [2.05, 4.69) is 5.32 Å². The van der Waals surface area contributed by atoms with E-state index >= 15 is 0 Å². The molecule has 1 amide bonds. The summed E-state index contributed by atoms with van der Waals surface area (Å²) in [5.74, 6) is -0.113. The first kappa shape index (κ1) is 13.3. The van der Waals surface area contributed by atoms with Gasteiger partial charge in [-0.05, 0) is 37.6 Å². The summed E-state index contributed by atoms with van der Waals surface area (Å²) in [6, 6.07) is 5.08. The molecule has 2 atom stereocenters. The van der Waals surface area contributed by atoms with E-state index in [0.717, 1.165) is 11.3 Å². The molecule has 0 bridgehead atoms. The fraction of sp³-hybridized carbons (Fsp3) is 0.462. The summed E-state index contributed by atoms with van der Waals surface area (Å²) in [6.07, 6.45) is 0. The van der Waals surface area contributed by atoms with Gasteiger partial charge in [0.05, 0.1) is 18.6 Å². The van der Waals surface area contributed by atoms with Gasteiger partial charge in [-0.1, -0.05) is 11.6 Å². The fourth-order valence-electron chi connectivity index (χ4n) is 1.96. The molecule has 1 aliphatic heterocycles. The summed E-state index contributed by atoms with van der Waals surface area (Å²) in [7, 11) is 0. The molecule has 1 aromatic rings. The normalized spacial score (nSPS) is 27.2. The highest BCUT2D eigenvalue weighted by Gasteiger charge is 2.44. The van der Waals surface area contributed by atoms with Crippen molar-refractivity contribution < 1.29 is 9.53 Å². The van der Waals surface area contributed by atoms with Gasteiger partial charge >= 0.3 is 0 Å². The Labute approximate surface area is 111 Å². The predicted octanol–water partition coefficient (Wildman–Crippen LogP) is 1.95. The minimum Gasteiger partial charge on any atom is -0.379 e. The Balaban J connectivity index is 2.16. The Morgan fingerprint density at radius 1 is 1.61 bits per heavy atom. The number of ether oxygens (including phenoxy) is 1. The van der Waals surface area contributed by atoms with Crippen LogP contribution < -0.4 is 11.1 Å². The SMILES string of the molecule is Cc1cc(Cl)ccc1NC(=O)C1(C)COCC1N. The maximum atomic E-state index is 12.3. The summed E-state index contributed by atoms with van der Waals surface area (Å²) < 4.78 is 5.27. The van der Waals surface area contributed by atoms with E-state index in [-0.39, 0.29) is 11.9 Å². The zero-order valence-electron chi connectivity index (χ0n) is 10.5. The minimum atomic E-state index is -0.675. The largest absolute Gasteiger partial charge is 0.379 e. The van der Waals surface area contributed by atoms with Crippen LogP contribution in [0.2, 0.25) is 5.02 Å². The monoisotopic (exact) mass is 268 g/mol. The summed E-state index contributed by atoms with van der Waals surface area (Å²) in [5.41, 5.74) is 6.93. The lowest BCUT2D eigenvalue weighted by atomic mass is 9.84. The molecule has 0 spiro atoms. The van der Waals surface area contributed by atoms with Crippen molar-refractivity contribution in [3.63, 3.8) is 0 Å². The van der Waals surface area contributed by atoms with E-state index < -0.39 is 5.41 Å². The first-order chi connectivity index (χ1) is 8.43. The van der Waals surface area contributed by atoms with Gasteiger partial charge in [0.15, 0.2) is 0 Å². The number of rotatable bonds is 2. The number of nitrogens with one attached hydrogen (secondary N) is 1. The van der Waals surface area contributed by atoms with Crippen molar-refractivity contribution in [3.05, 3.63) is 28.8 Å². The number of carbonyl (C=O) groups is 1. The van der Waals surface area contributed by atoms with Crippen molar-refractivity contribution >= 4 is 23.2 Å². The molecule has 1 aliphatic rings. The topological polar surface area (TPSA) is 64.3 Å². The third-order valence-corrected chi connectivity index (χ3v) is 3.71. The van der Waals surface area contributed by atoms with Gasteiger partial charge < -0.3 is 15.8 Å². The van der Waals surface area contributed by atoms with E-state index in [1.807, 2.05) is 19.9 Å². The Bertz CT molecular complexity index is 478. The summed E-state index contributed by atoms with van der Waals surface area (Å²) in [4.78, 5) is 12.3. The number of hydrogen-bond acceptors (Lipinski definition) is 3. The van der Waals surface area contributed by atoms with Crippen molar-refractivity contribution in [2.45, 2.75) is 19.9 Å². The third-order valence-electron chi connectivity index (χ3n) is 3.47. The van der Waals surface area contributed by atoms with Gasteiger partial charge in [0.1, 0.15) is 0 Å². The smallest absolute Gasteiger partial charge is 0.234 e. The lowest BCUT2D eigenvalue weighted by Gasteiger charge is -2.25. The van der Waals surface area contributed by atoms with Crippen molar-refractivity contribution in [1.82, 2.24) is 0 Å². The van der Waals surface area contributed by atoms with Crippen LogP contribution in [0.15, 0.2) is 18.2 Å². The molecule has 4 nitrogen and oxygen atoms in total. The molecule has 98 valence electrons. The van der Waals surface area contributed by atoms with Crippen LogP contribution in [0.5, 0.6) is 0 Å². The molecule has 0 saturated carbocycles. The first-order valence-electron chi connectivity index (χ1n) is 5.84. The molecule has 1 saturated heterocycles. The van der Waals surface area contributed by atoms with E-state index in [4.69, 9.17) is 22.1 Å². The second-order valence-electron chi connectivity index (χ2n) is 4.95. The molecular weight excluding hydrogens is 252 g/mol. The van der Waals surface area contributed by atoms with Gasteiger partial charge in [0.25, 0.3) is 0 Å². The molecule has 0 aromatic heterocycles. The highest BCUT2D eigenvalue weighted by molar-refractivity contribution is 6.30. The molecule has 2 rings (SSSR count). The predicted molar refractivity (Wildman–Crippen MR) is 71.7 cm³/mol. The number of nitrogens with two attached hydrogens (primary N) is 1. The second-order valence-corrected chi connectivity index (χ2v) is 5.39. The average Bonchev–Trinajstić information content (AvgIpc) is 2.64. The zero-order valence-corrected chi connectivity index (χ0v) is 11.3. The van der Waals surface area contributed by atoms with Crippen LogP contribution in [0.1, 0.15) is 12.5 Å². The molecule has 5 heteroatoms. The maximum absolute atomic E-state index is 12.3. The molecular formula is C13H17ClN2O2. The summed E-state index contributed by atoms with van der Waals surface area (Å²) in [5, 5.41) is 3.54. The van der Waals surface area contributed by atoms with E-state index in [1.54, 1.807) is 12.1 Å². The Hall–Kier alpha value is -1.10. The highest BCUT2D eigenvalue weighted by atomic mass is 35.5. The van der Waals surface area contributed by atoms with Crippen molar-refractivity contribution in [2.75, 3.05) is 18.5 Å². The average molecular weight is 269 g/mol. The van der Waals surface area contributed by atoms with Crippen molar-refractivity contribution in [2.24, 2.45) is 11.1 Å². The van der Waals surface area contributed by atoms with Crippen molar-refractivity contribution in [1.29, 1.82) is 0 Å². The Morgan fingerprint density at radius 3 is 2.89 bits per heavy atom. The highest BCUT2D eigenvalue weighted by Crippen LogP contribution is 2.29. The first-order valence-corrected chi connectivity index (χ1v) is 6.22. The number of anilines is 1. The van der Waals surface area contributed by atoms with Gasteiger partial charge in [-0.15, -0.1) is 0 Å². The maximum Gasteiger partial charge on any atom is 0.234 e. The van der Waals surface area contributed by atoms with E-state index in [9.17, 15) is 4.79 Å². The second kappa shape index (κ2) is 4.88. The Kier molecular flexibility index (Phi) is 3.61. The number of benzene rings is 1. The van der Waals surface area contributed by atoms with Crippen LogP contribution in [0.25, 0.3) is 0 Å². The summed E-state index contributed by atoms with van der Waals surface area (Å²) in [6.45, 7) is 4.50. The van der Waals surface area contributed by atoms with Crippen LogP contribution in [0, 0.1) is 12.3 Å². The number of carbonyl (C=O) groups excluding carboxylic acids is 1. The standard InChI is InChI=1S/C13H17ClN2O2/c1-8-5-9(14)3-4-10(8)16-12(17)13(2)7-18-6-11(13)15/h3-5,11H,6-7,15H2,1-2H3,(H,16,17). The molecule has 0 radical (unpaired) electrons. The van der Waals surface area contributed by atoms with Crippen molar-refractivity contribution in [3.8, 4) is 0 Å². The van der Waals surface area contributed by atoms with Gasteiger partial charge in [-0.3, -0.25) is 4.79 Å². The number of amides is 1.